The number of rotatable bonds is 4. The third-order valence-electron chi connectivity index (χ3n) is 3.43. The molecular weight excluding hydrogens is 300 g/mol. The van der Waals surface area contributed by atoms with Gasteiger partial charge in [-0.05, 0) is 19.1 Å². The number of aromatic amines is 1. The van der Waals surface area contributed by atoms with Crippen molar-refractivity contribution in [2.75, 3.05) is 6.61 Å². The molecule has 1 aromatic heterocycles. The van der Waals surface area contributed by atoms with Crippen LogP contribution in [0.5, 0.6) is 0 Å². The van der Waals surface area contributed by atoms with Gasteiger partial charge < -0.3 is 9.47 Å². The van der Waals surface area contributed by atoms with E-state index >= 15 is 0 Å². The zero-order chi connectivity index (χ0) is 17.2. The second-order valence-corrected chi connectivity index (χ2v) is 5.64. The van der Waals surface area contributed by atoms with Crippen LogP contribution in [0.3, 0.4) is 0 Å². The van der Waals surface area contributed by atoms with Crippen molar-refractivity contribution in [3.8, 4) is 12.3 Å². The molecule has 0 bridgehead atoms. The van der Waals surface area contributed by atoms with Crippen molar-refractivity contribution in [2.24, 2.45) is 5.92 Å². The van der Waals surface area contributed by atoms with E-state index in [0.29, 0.717) is 5.56 Å². The lowest BCUT2D eigenvalue weighted by atomic mass is 10.1. The summed E-state index contributed by atoms with van der Waals surface area (Å²) in [5, 5.41) is 0. The van der Waals surface area contributed by atoms with Crippen LogP contribution >= 0.6 is 0 Å². The van der Waals surface area contributed by atoms with Crippen molar-refractivity contribution in [3.05, 3.63) is 44.8 Å². The van der Waals surface area contributed by atoms with E-state index in [-0.39, 0.29) is 12.5 Å². The Morgan fingerprint density at radius 1 is 1.57 bits per heavy atom. The fourth-order valence-corrected chi connectivity index (χ4v) is 2.01. The molecule has 2 atom stereocenters. The summed E-state index contributed by atoms with van der Waals surface area (Å²) in [6, 6.07) is 0. The highest BCUT2D eigenvalue weighted by atomic mass is 16.6. The van der Waals surface area contributed by atoms with Gasteiger partial charge in [0.15, 0.2) is 11.8 Å². The number of nitrogens with zero attached hydrogens (tertiary/aromatic N) is 1. The van der Waals surface area contributed by atoms with Gasteiger partial charge in [-0.2, -0.15) is 0 Å². The Morgan fingerprint density at radius 3 is 2.87 bits per heavy atom. The number of ether oxygens (including phenoxy) is 2. The van der Waals surface area contributed by atoms with Crippen LogP contribution in [0.15, 0.2) is 27.9 Å². The molecule has 1 N–H and O–H groups in total. The molecule has 0 saturated carbocycles. The first kappa shape index (κ1) is 16.8. The number of esters is 1. The molecule has 0 aromatic carbocycles. The summed E-state index contributed by atoms with van der Waals surface area (Å²) in [4.78, 5) is 37.1. The number of H-pyrrole nitrogens is 1. The molecule has 122 valence electrons. The largest absolute Gasteiger partial charge is 0.461 e. The molecule has 7 heteroatoms. The van der Waals surface area contributed by atoms with E-state index in [1.807, 2.05) is 0 Å². The lowest BCUT2D eigenvalue weighted by Crippen LogP contribution is -2.38. The van der Waals surface area contributed by atoms with Gasteiger partial charge in [-0.3, -0.25) is 19.1 Å². The van der Waals surface area contributed by atoms with Crippen LogP contribution in [0.1, 0.15) is 25.6 Å². The monoisotopic (exact) mass is 318 g/mol. The predicted molar refractivity (Wildman–Crippen MR) is 82.7 cm³/mol. The number of aromatic nitrogens is 2. The van der Waals surface area contributed by atoms with Crippen molar-refractivity contribution >= 4 is 5.97 Å². The summed E-state index contributed by atoms with van der Waals surface area (Å²) < 4.78 is 12.1. The maximum atomic E-state index is 11.9. The number of nitrogens with one attached hydrogen (secondary N) is 1. The molecule has 7 nitrogen and oxygen atoms in total. The summed E-state index contributed by atoms with van der Waals surface area (Å²) in [6.07, 6.45) is 9.26. The quantitative estimate of drug-likeness (QED) is 0.496. The first-order chi connectivity index (χ1) is 10.8. The van der Waals surface area contributed by atoms with Crippen LogP contribution in [0.2, 0.25) is 0 Å². The van der Waals surface area contributed by atoms with Gasteiger partial charge in [-0.25, -0.2) is 4.79 Å². The zero-order valence-corrected chi connectivity index (χ0v) is 13.2. The average Bonchev–Trinajstić information content (AvgIpc) is 2.93. The van der Waals surface area contributed by atoms with Gasteiger partial charge in [-0.15, -0.1) is 6.42 Å². The van der Waals surface area contributed by atoms with Crippen LogP contribution < -0.4 is 11.2 Å². The summed E-state index contributed by atoms with van der Waals surface area (Å²) >= 11 is 0. The first-order valence-electron chi connectivity index (χ1n) is 7.11. The Labute approximate surface area is 132 Å². The lowest BCUT2D eigenvalue weighted by Gasteiger charge is -2.24. The van der Waals surface area contributed by atoms with E-state index in [1.54, 1.807) is 32.9 Å². The Morgan fingerprint density at radius 2 is 2.26 bits per heavy atom. The molecule has 0 spiro atoms. The lowest BCUT2D eigenvalue weighted by molar-refractivity contribution is -0.154. The SMILES string of the molecule is C#C[C@@]1(COC(=O)C(C)C)C=C[C@H](n2cc(C)c(=O)[nH]c2=O)O1. The van der Waals surface area contributed by atoms with E-state index in [9.17, 15) is 14.4 Å². The van der Waals surface area contributed by atoms with E-state index in [0.717, 1.165) is 0 Å². The van der Waals surface area contributed by atoms with Crippen LogP contribution in [-0.4, -0.2) is 27.7 Å². The highest BCUT2D eigenvalue weighted by Gasteiger charge is 2.36. The van der Waals surface area contributed by atoms with Gasteiger partial charge in [0.25, 0.3) is 5.56 Å². The molecule has 0 radical (unpaired) electrons. The van der Waals surface area contributed by atoms with Gasteiger partial charge >= 0.3 is 11.7 Å². The minimum absolute atomic E-state index is 0.148. The molecule has 2 rings (SSSR count). The van der Waals surface area contributed by atoms with E-state index in [4.69, 9.17) is 15.9 Å². The predicted octanol–water partition coefficient (Wildman–Crippen LogP) is 0.501. The summed E-state index contributed by atoms with van der Waals surface area (Å²) in [6.45, 7) is 4.85. The van der Waals surface area contributed by atoms with Crippen molar-refractivity contribution in [3.63, 3.8) is 0 Å². The van der Waals surface area contributed by atoms with E-state index in [2.05, 4.69) is 10.9 Å². The van der Waals surface area contributed by atoms with Crippen LogP contribution in [-0.2, 0) is 14.3 Å². The molecule has 1 aliphatic heterocycles. The number of terminal acetylenes is 1. The van der Waals surface area contributed by atoms with Crippen LogP contribution in [0.25, 0.3) is 0 Å². The van der Waals surface area contributed by atoms with E-state index in [1.165, 1.54) is 10.8 Å². The van der Waals surface area contributed by atoms with Gasteiger partial charge in [0.1, 0.15) is 6.61 Å². The number of hydrogen-bond donors (Lipinski definition) is 1. The number of carbonyl (C=O) groups excluding carboxylic acids is 1. The van der Waals surface area contributed by atoms with Gasteiger partial charge in [-0.1, -0.05) is 19.8 Å². The number of carbonyl (C=O) groups is 1. The molecule has 0 unspecified atom stereocenters. The third kappa shape index (κ3) is 3.43. The second-order valence-electron chi connectivity index (χ2n) is 5.64. The Balaban J connectivity index is 2.20. The maximum absolute atomic E-state index is 11.9. The third-order valence-corrected chi connectivity index (χ3v) is 3.43. The topological polar surface area (TPSA) is 90.4 Å². The Bertz CT molecular complexity index is 796. The fraction of sp³-hybridized carbons (Fsp3) is 0.438. The van der Waals surface area contributed by atoms with Crippen molar-refractivity contribution in [1.82, 2.24) is 9.55 Å². The molecule has 0 amide bonds. The molecule has 1 aromatic rings. The smallest absolute Gasteiger partial charge is 0.330 e. The number of aryl methyl sites for hydroxylation is 1. The summed E-state index contributed by atoms with van der Waals surface area (Å²) in [7, 11) is 0. The minimum Gasteiger partial charge on any atom is -0.461 e. The highest BCUT2D eigenvalue weighted by molar-refractivity contribution is 5.71. The standard InChI is InChI=1S/C16H18N2O5/c1-5-16(9-22-14(20)10(2)3)7-6-12(23-16)18-8-11(4)13(19)17-15(18)21/h1,6-8,10,12H,9H2,2-4H3,(H,17,19,21)/t12-,16+/m1/s1. The van der Waals surface area contributed by atoms with Crippen LogP contribution in [0.4, 0.5) is 0 Å². The van der Waals surface area contributed by atoms with Crippen molar-refractivity contribution < 1.29 is 14.3 Å². The Hall–Kier alpha value is -2.59. The van der Waals surface area contributed by atoms with Gasteiger partial charge in [0, 0.05) is 11.8 Å². The van der Waals surface area contributed by atoms with Crippen molar-refractivity contribution in [2.45, 2.75) is 32.6 Å². The van der Waals surface area contributed by atoms with Crippen LogP contribution in [0, 0.1) is 25.2 Å². The minimum atomic E-state index is -1.24. The molecule has 0 aliphatic carbocycles. The highest BCUT2D eigenvalue weighted by Crippen LogP contribution is 2.29. The molecule has 1 aliphatic rings. The molecular formula is C16H18N2O5. The second kappa shape index (κ2) is 6.26. The Kier molecular flexibility index (Phi) is 4.57. The zero-order valence-electron chi connectivity index (χ0n) is 13.2. The van der Waals surface area contributed by atoms with E-state index < -0.39 is 29.0 Å². The van der Waals surface area contributed by atoms with Gasteiger partial charge in [0.05, 0.1) is 5.92 Å². The number of hydrogen-bond acceptors (Lipinski definition) is 5. The van der Waals surface area contributed by atoms with Gasteiger partial charge in [0.2, 0.25) is 0 Å². The fourth-order valence-electron chi connectivity index (χ4n) is 2.01. The van der Waals surface area contributed by atoms with Crippen molar-refractivity contribution in [1.29, 1.82) is 0 Å². The molecule has 23 heavy (non-hydrogen) atoms. The first-order valence-corrected chi connectivity index (χ1v) is 7.11. The average molecular weight is 318 g/mol. The molecule has 2 heterocycles. The molecule has 0 fully saturated rings. The molecule has 0 saturated heterocycles. The normalized spacial score (nSPS) is 23.0. The summed E-state index contributed by atoms with van der Waals surface area (Å²) in [5.74, 6) is 1.77. The summed E-state index contributed by atoms with van der Waals surface area (Å²) in [5.41, 5.74) is -1.94. The maximum Gasteiger partial charge on any atom is 0.330 e.